The maximum atomic E-state index is 7.45. The Morgan fingerprint density at radius 1 is 1.30 bits per heavy atom. The van der Waals surface area contributed by atoms with Crippen molar-refractivity contribution in [3.63, 3.8) is 0 Å². The molecule has 1 fully saturated rings. The number of nitrogens with two attached hydrogens (primary N) is 1. The van der Waals surface area contributed by atoms with Crippen molar-refractivity contribution in [2.75, 3.05) is 18.0 Å². The fraction of sp³-hybridized carbons (Fsp3) is 0.562. The number of hydrogen-bond donors (Lipinski definition) is 2. The third-order valence-electron chi connectivity index (χ3n) is 4.92. The van der Waals surface area contributed by atoms with Crippen LogP contribution in [0.5, 0.6) is 0 Å². The van der Waals surface area contributed by atoms with E-state index in [-0.39, 0.29) is 5.84 Å². The van der Waals surface area contributed by atoms with Crippen LogP contribution in [0.15, 0.2) is 18.2 Å². The molecular weight excluding hydrogens is 270 g/mol. The average Bonchev–Trinajstić information content (AvgIpc) is 2.47. The number of nitrogens with one attached hydrogen (secondary N) is 1. The Balaban J connectivity index is 2.13. The van der Waals surface area contributed by atoms with Crippen LogP contribution in [0.4, 0.5) is 5.69 Å². The van der Waals surface area contributed by atoms with E-state index in [1.807, 2.05) is 12.1 Å². The van der Waals surface area contributed by atoms with Crippen LogP contribution in [0.3, 0.4) is 0 Å². The summed E-state index contributed by atoms with van der Waals surface area (Å²) in [5.41, 5.74) is 7.76. The van der Waals surface area contributed by atoms with Crippen molar-refractivity contribution < 1.29 is 0 Å². The number of piperidine rings is 1. The molecule has 3 N–H and O–H groups in total. The van der Waals surface area contributed by atoms with Crippen LogP contribution in [-0.4, -0.2) is 18.9 Å². The molecule has 0 aliphatic carbocycles. The van der Waals surface area contributed by atoms with Crippen LogP contribution in [0, 0.1) is 10.8 Å². The van der Waals surface area contributed by atoms with Crippen LogP contribution < -0.4 is 10.6 Å². The Kier molecular flexibility index (Phi) is 4.59. The molecule has 3 nitrogen and oxygen atoms in total. The van der Waals surface area contributed by atoms with Crippen molar-refractivity contribution in [3.05, 3.63) is 28.8 Å². The fourth-order valence-corrected chi connectivity index (χ4v) is 3.41. The van der Waals surface area contributed by atoms with Gasteiger partial charge in [-0.3, -0.25) is 5.41 Å². The lowest BCUT2D eigenvalue weighted by Gasteiger charge is -2.42. The van der Waals surface area contributed by atoms with E-state index in [0.29, 0.717) is 16.0 Å². The van der Waals surface area contributed by atoms with E-state index in [0.717, 1.165) is 18.8 Å². The molecule has 1 saturated heterocycles. The van der Waals surface area contributed by atoms with Crippen molar-refractivity contribution in [2.45, 2.75) is 39.5 Å². The van der Waals surface area contributed by atoms with Crippen LogP contribution in [-0.2, 0) is 0 Å². The molecule has 110 valence electrons. The minimum atomic E-state index is 0.0630. The predicted molar refractivity (Wildman–Crippen MR) is 86.9 cm³/mol. The van der Waals surface area contributed by atoms with Gasteiger partial charge in [-0.25, -0.2) is 0 Å². The van der Waals surface area contributed by atoms with Gasteiger partial charge in [0, 0.05) is 18.7 Å². The Labute approximate surface area is 126 Å². The van der Waals surface area contributed by atoms with Crippen LogP contribution >= 0.6 is 11.6 Å². The molecule has 1 aromatic carbocycles. The zero-order chi connectivity index (χ0) is 14.8. The number of benzene rings is 1. The van der Waals surface area contributed by atoms with Gasteiger partial charge in [0.15, 0.2) is 0 Å². The van der Waals surface area contributed by atoms with Crippen molar-refractivity contribution >= 4 is 23.1 Å². The van der Waals surface area contributed by atoms with Crippen molar-refractivity contribution in [3.8, 4) is 0 Å². The highest BCUT2D eigenvalue weighted by Crippen LogP contribution is 2.40. The van der Waals surface area contributed by atoms with Crippen molar-refractivity contribution in [2.24, 2.45) is 11.1 Å². The van der Waals surface area contributed by atoms with Gasteiger partial charge in [0.05, 0.1) is 10.7 Å². The number of rotatable bonds is 4. The number of halogens is 1. The molecule has 20 heavy (non-hydrogen) atoms. The van der Waals surface area contributed by atoms with Gasteiger partial charge in [0.1, 0.15) is 5.84 Å². The first-order valence-corrected chi connectivity index (χ1v) is 7.78. The molecular formula is C16H24ClN3. The summed E-state index contributed by atoms with van der Waals surface area (Å²) in [5.74, 6) is 0.0630. The predicted octanol–water partition coefficient (Wildman–Crippen LogP) is 4.03. The fourth-order valence-electron chi connectivity index (χ4n) is 3.11. The summed E-state index contributed by atoms with van der Waals surface area (Å²) in [6, 6.07) is 5.66. The topological polar surface area (TPSA) is 53.1 Å². The van der Waals surface area contributed by atoms with Gasteiger partial charge < -0.3 is 10.6 Å². The second kappa shape index (κ2) is 6.04. The first-order valence-electron chi connectivity index (χ1n) is 7.40. The van der Waals surface area contributed by atoms with Crippen LogP contribution in [0.1, 0.15) is 45.1 Å². The molecule has 1 aromatic rings. The van der Waals surface area contributed by atoms with E-state index in [1.165, 1.54) is 25.7 Å². The number of nitrogen functional groups attached to an aromatic ring is 1. The molecule has 1 heterocycles. The Hall–Kier alpha value is -1.22. The molecule has 0 radical (unpaired) electrons. The minimum Gasteiger partial charge on any atom is -0.384 e. The minimum absolute atomic E-state index is 0.0630. The Morgan fingerprint density at radius 2 is 1.90 bits per heavy atom. The second-order valence-electron chi connectivity index (χ2n) is 5.77. The Bertz CT molecular complexity index is 484. The summed E-state index contributed by atoms with van der Waals surface area (Å²) in [5, 5.41) is 8.15. The summed E-state index contributed by atoms with van der Waals surface area (Å²) in [6.07, 6.45) is 4.97. The molecule has 0 aromatic heterocycles. The zero-order valence-electron chi connectivity index (χ0n) is 12.4. The van der Waals surface area contributed by atoms with Gasteiger partial charge >= 0.3 is 0 Å². The molecule has 2 rings (SSSR count). The molecule has 0 atom stereocenters. The van der Waals surface area contributed by atoms with Gasteiger partial charge in [-0.1, -0.05) is 38.3 Å². The lowest BCUT2D eigenvalue weighted by Crippen LogP contribution is -2.39. The van der Waals surface area contributed by atoms with Gasteiger partial charge in [-0.15, -0.1) is 0 Å². The van der Waals surface area contributed by atoms with Gasteiger partial charge in [0.2, 0.25) is 0 Å². The summed E-state index contributed by atoms with van der Waals surface area (Å²) in [7, 11) is 0. The summed E-state index contributed by atoms with van der Waals surface area (Å²) < 4.78 is 0. The molecule has 4 heteroatoms. The highest BCUT2D eigenvalue weighted by atomic mass is 35.5. The van der Waals surface area contributed by atoms with Crippen molar-refractivity contribution in [1.29, 1.82) is 5.41 Å². The van der Waals surface area contributed by atoms with E-state index in [9.17, 15) is 0 Å². The smallest absolute Gasteiger partial charge is 0.122 e. The Morgan fingerprint density at radius 3 is 2.35 bits per heavy atom. The number of anilines is 1. The number of nitrogens with zero attached hydrogens (tertiary/aromatic N) is 1. The van der Waals surface area contributed by atoms with E-state index in [2.05, 4.69) is 18.7 Å². The summed E-state index contributed by atoms with van der Waals surface area (Å²) in [6.45, 7) is 6.71. The molecule has 0 spiro atoms. The SMILES string of the molecule is CCC1(CC)CCN(c2ccc(C(=N)N)cc2Cl)CC1. The molecule has 1 aliphatic rings. The third-order valence-corrected chi connectivity index (χ3v) is 5.23. The first-order chi connectivity index (χ1) is 9.51. The molecule has 0 unspecified atom stereocenters. The highest BCUT2D eigenvalue weighted by molar-refractivity contribution is 6.33. The lowest BCUT2D eigenvalue weighted by atomic mass is 9.74. The van der Waals surface area contributed by atoms with E-state index in [4.69, 9.17) is 22.7 Å². The molecule has 1 aliphatic heterocycles. The largest absolute Gasteiger partial charge is 0.384 e. The van der Waals surface area contributed by atoms with E-state index in [1.54, 1.807) is 6.07 Å². The molecule has 0 amide bonds. The van der Waals surface area contributed by atoms with E-state index >= 15 is 0 Å². The molecule has 0 saturated carbocycles. The highest BCUT2D eigenvalue weighted by Gasteiger charge is 2.31. The normalized spacial score (nSPS) is 18.1. The van der Waals surface area contributed by atoms with Gasteiger partial charge in [0.25, 0.3) is 0 Å². The first kappa shape index (κ1) is 15.2. The number of hydrogen-bond acceptors (Lipinski definition) is 2. The second-order valence-corrected chi connectivity index (χ2v) is 6.18. The van der Waals surface area contributed by atoms with Crippen molar-refractivity contribution in [1.82, 2.24) is 0 Å². The average molecular weight is 294 g/mol. The van der Waals surface area contributed by atoms with Gasteiger partial charge in [-0.05, 0) is 36.5 Å². The monoisotopic (exact) mass is 293 g/mol. The quantitative estimate of drug-likeness (QED) is 0.650. The summed E-state index contributed by atoms with van der Waals surface area (Å²) >= 11 is 6.35. The third kappa shape index (κ3) is 2.93. The van der Waals surface area contributed by atoms with Gasteiger partial charge in [-0.2, -0.15) is 0 Å². The maximum Gasteiger partial charge on any atom is 0.122 e. The molecule has 0 bridgehead atoms. The zero-order valence-corrected chi connectivity index (χ0v) is 13.1. The standard InChI is InChI=1S/C16H24ClN3/c1-3-16(4-2)7-9-20(10-8-16)14-6-5-12(15(18)19)11-13(14)17/h5-6,11H,3-4,7-10H2,1-2H3,(H3,18,19). The maximum absolute atomic E-state index is 7.45. The van der Waals surface area contributed by atoms with Crippen LogP contribution in [0.2, 0.25) is 5.02 Å². The lowest BCUT2D eigenvalue weighted by molar-refractivity contribution is 0.199. The van der Waals surface area contributed by atoms with Crippen LogP contribution in [0.25, 0.3) is 0 Å². The van der Waals surface area contributed by atoms with E-state index < -0.39 is 0 Å². The summed E-state index contributed by atoms with van der Waals surface area (Å²) in [4.78, 5) is 2.36. The number of amidine groups is 1.